The Morgan fingerprint density at radius 1 is 1.39 bits per heavy atom. The van der Waals surface area contributed by atoms with Crippen LogP contribution in [0.3, 0.4) is 0 Å². The average Bonchev–Trinajstić information content (AvgIpc) is 2.33. The van der Waals surface area contributed by atoms with Crippen molar-refractivity contribution in [3.05, 3.63) is 22.2 Å². The summed E-state index contributed by atoms with van der Waals surface area (Å²) < 4.78 is 0. The molecule has 1 heterocycles. The first kappa shape index (κ1) is 13.1. The van der Waals surface area contributed by atoms with Gasteiger partial charge in [-0.15, -0.1) is 0 Å². The zero-order valence-electron chi connectivity index (χ0n) is 11.5. The number of aromatic amines is 1. The third kappa shape index (κ3) is 3.12. The number of nitrogens with zero attached hydrogens (tertiary/aromatic N) is 1. The van der Waals surface area contributed by atoms with Crippen molar-refractivity contribution in [2.45, 2.75) is 52.5 Å². The van der Waals surface area contributed by atoms with E-state index >= 15 is 0 Å². The predicted molar refractivity (Wildman–Crippen MR) is 73.8 cm³/mol. The molecule has 2 rings (SSSR count). The summed E-state index contributed by atoms with van der Waals surface area (Å²) in [6.07, 6.45) is 4.34. The van der Waals surface area contributed by atoms with Crippen molar-refractivity contribution in [1.29, 1.82) is 0 Å². The molecule has 3 atom stereocenters. The van der Waals surface area contributed by atoms with Crippen LogP contribution in [0.15, 0.2) is 10.9 Å². The highest BCUT2D eigenvalue weighted by atomic mass is 16.1. The van der Waals surface area contributed by atoms with E-state index in [4.69, 9.17) is 0 Å². The van der Waals surface area contributed by atoms with Crippen LogP contribution >= 0.6 is 0 Å². The van der Waals surface area contributed by atoms with Gasteiger partial charge in [0.1, 0.15) is 11.6 Å². The Balaban J connectivity index is 2.05. The summed E-state index contributed by atoms with van der Waals surface area (Å²) in [7, 11) is 0. The second-order valence-electron chi connectivity index (χ2n) is 5.54. The third-order valence-electron chi connectivity index (χ3n) is 4.08. The van der Waals surface area contributed by atoms with Crippen LogP contribution in [-0.4, -0.2) is 16.0 Å². The Bertz CT molecular complexity index is 455. The number of H-pyrrole nitrogens is 1. The maximum absolute atomic E-state index is 11.5. The minimum Gasteiger partial charge on any atom is -0.367 e. The van der Waals surface area contributed by atoms with Gasteiger partial charge < -0.3 is 10.3 Å². The average molecular weight is 249 g/mol. The van der Waals surface area contributed by atoms with Gasteiger partial charge in [0.15, 0.2) is 0 Å². The van der Waals surface area contributed by atoms with Crippen LogP contribution in [0.2, 0.25) is 0 Å². The van der Waals surface area contributed by atoms with Crippen LogP contribution < -0.4 is 10.9 Å². The van der Waals surface area contributed by atoms with Gasteiger partial charge in [0.05, 0.1) is 0 Å². The van der Waals surface area contributed by atoms with Gasteiger partial charge in [-0.2, -0.15) is 0 Å². The van der Waals surface area contributed by atoms with Gasteiger partial charge in [0.2, 0.25) is 0 Å². The van der Waals surface area contributed by atoms with Crippen molar-refractivity contribution in [1.82, 2.24) is 9.97 Å². The number of aryl methyl sites for hydroxylation is 1. The highest BCUT2D eigenvalue weighted by molar-refractivity contribution is 5.34. The molecule has 4 heteroatoms. The van der Waals surface area contributed by atoms with E-state index in [9.17, 15) is 4.79 Å². The molecule has 3 unspecified atom stereocenters. The van der Waals surface area contributed by atoms with Crippen LogP contribution in [0.25, 0.3) is 0 Å². The fourth-order valence-electron chi connectivity index (χ4n) is 2.64. The van der Waals surface area contributed by atoms with Gasteiger partial charge in [-0.25, -0.2) is 4.98 Å². The minimum atomic E-state index is -0.0680. The normalized spacial score (nSPS) is 28.1. The van der Waals surface area contributed by atoms with E-state index in [1.54, 1.807) is 6.07 Å². The molecule has 0 aliphatic heterocycles. The Kier molecular flexibility index (Phi) is 4.04. The summed E-state index contributed by atoms with van der Waals surface area (Å²) in [6, 6.07) is 2.01. The van der Waals surface area contributed by atoms with E-state index in [1.165, 1.54) is 12.8 Å². The highest BCUT2D eigenvalue weighted by Gasteiger charge is 2.24. The molecule has 0 bridgehead atoms. The largest absolute Gasteiger partial charge is 0.367 e. The second-order valence-corrected chi connectivity index (χ2v) is 5.54. The molecule has 1 aromatic rings. The van der Waals surface area contributed by atoms with Gasteiger partial charge >= 0.3 is 0 Å². The van der Waals surface area contributed by atoms with Crippen LogP contribution in [0, 0.1) is 11.8 Å². The van der Waals surface area contributed by atoms with Crippen molar-refractivity contribution in [3.63, 3.8) is 0 Å². The van der Waals surface area contributed by atoms with E-state index in [2.05, 4.69) is 29.1 Å². The minimum absolute atomic E-state index is 0.0680. The molecular weight excluding hydrogens is 226 g/mol. The lowest BCUT2D eigenvalue weighted by molar-refractivity contribution is 0.260. The molecule has 1 saturated carbocycles. The van der Waals surface area contributed by atoms with Crippen LogP contribution in [-0.2, 0) is 6.42 Å². The Hall–Kier alpha value is -1.32. The van der Waals surface area contributed by atoms with Crippen molar-refractivity contribution in [2.24, 2.45) is 11.8 Å². The summed E-state index contributed by atoms with van der Waals surface area (Å²) in [5, 5.41) is 3.42. The molecule has 0 aromatic carbocycles. The molecule has 4 nitrogen and oxygen atoms in total. The van der Waals surface area contributed by atoms with Crippen LogP contribution in [0.4, 0.5) is 5.82 Å². The first-order valence-corrected chi connectivity index (χ1v) is 6.95. The number of hydrogen-bond acceptors (Lipinski definition) is 3. The fraction of sp³-hybridized carbons (Fsp3) is 0.714. The summed E-state index contributed by atoms with van der Waals surface area (Å²) in [4.78, 5) is 18.7. The monoisotopic (exact) mass is 249 g/mol. The lowest BCUT2D eigenvalue weighted by Gasteiger charge is -2.32. The summed E-state index contributed by atoms with van der Waals surface area (Å²) in [5.74, 6) is 3.02. The highest BCUT2D eigenvalue weighted by Crippen LogP contribution is 2.30. The molecule has 100 valence electrons. The van der Waals surface area contributed by atoms with E-state index < -0.39 is 0 Å². The van der Waals surface area contributed by atoms with Gasteiger partial charge in [-0.1, -0.05) is 20.8 Å². The molecule has 1 aromatic heterocycles. The number of hydrogen-bond donors (Lipinski definition) is 2. The lowest BCUT2D eigenvalue weighted by atomic mass is 9.79. The van der Waals surface area contributed by atoms with Crippen molar-refractivity contribution in [3.8, 4) is 0 Å². The van der Waals surface area contributed by atoms with Gasteiger partial charge in [0, 0.05) is 18.5 Å². The Labute approximate surface area is 108 Å². The molecule has 1 fully saturated rings. The SMILES string of the molecule is CCc1nc(NC2CCC(C)C(C)C2)cc(=O)[nH]1. The van der Waals surface area contributed by atoms with Gasteiger partial charge in [0.25, 0.3) is 5.56 Å². The molecule has 0 amide bonds. The number of anilines is 1. The zero-order chi connectivity index (χ0) is 13.1. The molecule has 2 N–H and O–H groups in total. The molecule has 0 radical (unpaired) electrons. The number of nitrogens with one attached hydrogen (secondary N) is 2. The standard InChI is InChI=1S/C14H23N3O/c1-4-12-16-13(8-14(18)17-12)15-11-6-5-9(2)10(3)7-11/h8-11H,4-7H2,1-3H3,(H2,15,16,17,18). The van der Waals surface area contributed by atoms with Crippen molar-refractivity contribution in [2.75, 3.05) is 5.32 Å². The maximum Gasteiger partial charge on any atom is 0.252 e. The zero-order valence-corrected chi connectivity index (χ0v) is 11.5. The Morgan fingerprint density at radius 2 is 2.17 bits per heavy atom. The van der Waals surface area contributed by atoms with E-state index in [-0.39, 0.29) is 5.56 Å². The molecule has 0 saturated heterocycles. The predicted octanol–water partition coefficient (Wildman–Crippen LogP) is 2.57. The quantitative estimate of drug-likeness (QED) is 0.865. The number of rotatable bonds is 3. The first-order chi connectivity index (χ1) is 8.58. The van der Waals surface area contributed by atoms with Gasteiger partial charge in [-0.3, -0.25) is 4.79 Å². The summed E-state index contributed by atoms with van der Waals surface area (Å²) in [6.45, 7) is 6.62. The van der Waals surface area contributed by atoms with Crippen LogP contribution in [0.1, 0.15) is 45.9 Å². The molecule has 1 aliphatic carbocycles. The maximum atomic E-state index is 11.5. The van der Waals surface area contributed by atoms with Crippen molar-refractivity contribution < 1.29 is 0 Å². The topological polar surface area (TPSA) is 57.8 Å². The second kappa shape index (κ2) is 5.55. The molecule has 0 spiro atoms. The first-order valence-electron chi connectivity index (χ1n) is 6.95. The molecule has 18 heavy (non-hydrogen) atoms. The molecular formula is C14H23N3O. The van der Waals surface area contributed by atoms with Crippen molar-refractivity contribution >= 4 is 5.82 Å². The Morgan fingerprint density at radius 3 is 2.83 bits per heavy atom. The van der Waals surface area contributed by atoms with E-state index in [0.29, 0.717) is 6.04 Å². The molecule has 1 aliphatic rings. The van der Waals surface area contributed by atoms with E-state index in [1.807, 2.05) is 6.92 Å². The third-order valence-corrected chi connectivity index (χ3v) is 4.08. The lowest BCUT2D eigenvalue weighted by Crippen LogP contribution is -2.31. The smallest absolute Gasteiger partial charge is 0.252 e. The fourth-order valence-corrected chi connectivity index (χ4v) is 2.64. The summed E-state index contributed by atoms with van der Waals surface area (Å²) in [5.41, 5.74) is -0.0680. The summed E-state index contributed by atoms with van der Waals surface area (Å²) >= 11 is 0. The van der Waals surface area contributed by atoms with Crippen LogP contribution in [0.5, 0.6) is 0 Å². The van der Waals surface area contributed by atoms with Gasteiger partial charge in [-0.05, 0) is 31.1 Å². The van der Waals surface area contributed by atoms with E-state index in [0.717, 1.165) is 36.3 Å². The number of aromatic nitrogens is 2.